The van der Waals surface area contributed by atoms with Gasteiger partial charge in [0.2, 0.25) is 5.91 Å². The van der Waals surface area contributed by atoms with Crippen molar-refractivity contribution in [3.05, 3.63) is 42.4 Å². The Bertz CT molecular complexity index is 699. The summed E-state index contributed by atoms with van der Waals surface area (Å²) >= 11 is 0. The number of rotatable bonds is 6. The molecule has 2 aromatic rings. The molecule has 0 aliphatic carbocycles. The highest BCUT2D eigenvalue weighted by atomic mass is 16.5. The molecule has 6 heteroatoms. The minimum atomic E-state index is -0.0452. The zero-order chi connectivity index (χ0) is 16.8. The molecule has 1 fully saturated rings. The normalized spacial score (nSPS) is 13.8. The Kier molecular flexibility index (Phi) is 5.25. The van der Waals surface area contributed by atoms with Crippen LogP contribution >= 0.6 is 0 Å². The molecule has 0 bridgehead atoms. The first-order valence-electron chi connectivity index (χ1n) is 8.24. The van der Waals surface area contributed by atoms with Gasteiger partial charge >= 0.3 is 0 Å². The Hall–Kier alpha value is -2.63. The van der Waals surface area contributed by atoms with E-state index in [-0.39, 0.29) is 5.91 Å². The summed E-state index contributed by atoms with van der Waals surface area (Å²) < 4.78 is 5.32. The molecule has 0 saturated carbocycles. The first-order valence-corrected chi connectivity index (χ1v) is 8.24. The molecule has 6 nitrogen and oxygen atoms in total. The molecule has 1 aliphatic rings. The monoisotopic (exact) mass is 326 g/mol. The van der Waals surface area contributed by atoms with Crippen LogP contribution < -0.4 is 15.0 Å². The molecule has 1 aromatic heterocycles. The largest absolute Gasteiger partial charge is 0.496 e. The number of hydrogen-bond acceptors (Lipinski definition) is 5. The van der Waals surface area contributed by atoms with Gasteiger partial charge in [0.15, 0.2) is 5.82 Å². The lowest BCUT2D eigenvalue weighted by molar-refractivity contribution is -0.116. The molecule has 2 heterocycles. The van der Waals surface area contributed by atoms with Gasteiger partial charge in [0.25, 0.3) is 0 Å². The van der Waals surface area contributed by atoms with Gasteiger partial charge in [0.05, 0.1) is 13.3 Å². The van der Waals surface area contributed by atoms with Crippen LogP contribution in [0.2, 0.25) is 0 Å². The molecule has 1 aromatic carbocycles. The molecular weight excluding hydrogens is 304 g/mol. The van der Waals surface area contributed by atoms with Gasteiger partial charge in [-0.05, 0) is 30.9 Å². The first kappa shape index (κ1) is 16.2. The fourth-order valence-corrected chi connectivity index (χ4v) is 2.96. The van der Waals surface area contributed by atoms with E-state index in [2.05, 4.69) is 20.2 Å². The summed E-state index contributed by atoms with van der Waals surface area (Å²) in [7, 11) is 1.64. The topological polar surface area (TPSA) is 67.3 Å². The number of benzene rings is 1. The van der Waals surface area contributed by atoms with E-state index in [1.54, 1.807) is 13.3 Å². The molecule has 24 heavy (non-hydrogen) atoms. The Morgan fingerprint density at radius 1 is 1.29 bits per heavy atom. The fraction of sp³-hybridized carbons (Fsp3) is 0.389. The Balaban J connectivity index is 1.63. The number of ether oxygens (including phenoxy) is 1. The molecule has 0 atom stereocenters. The van der Waals surface area contributed by atoms with E-state index in [9.17, 15) is 4.79 Å². The molecule has 3 rings (SSSR count). The maximum atomic E-state index is 12.3. The third kappa shape index (κ3) is 3.82. The maximum absolute atomic E-state index is 12.3. The van der Waals surface area contributed by atoms with Crippen molar-refractivity contribution in [3.63, 3.8) is 0 Å². The van der Waals surface area contributed by atoms with E-state index in [0.717, 1.165) is 43.1 Å². The van der Waals surface area contributed by atoms with Gasteiger partial charge in [-0.1, -0.05) is 18.2 Å². The lowest BCUT2D eigenvalue weighted by Gasteiger charge is -2.19. The number of nitrogens with one attached hydrogen (secondary N) is 1. The van der Waals surface area contributed by atoms with Crippen LogP contribution in [-0.4, -0.2) is 36.1 Å². The van der Waals surface area contributed by atoms with Gasteiger partial charge in [-0.2, -0.15) is 0 Å². The predicted octanol–water partition coefficient (Wildman–Crippen LogP) is 2.66. The Labute approximate surface area is 141 Å². The summed E-state index contributed by atoms with van der Waals surface area (Å²) in [5, 5.41) is 2.95. The zero-order valence-corrected chi connectivity index (χ0v) is 13.9. The molecule has 1 saturated heterocycles. The van der Waals surface area contributed by atoms with Crippen molar-refractivity contribution in [2.24, 2.45) is 0 Å². The van der Waals surface area contributed by atoms with Crippen LogP contribution in [0.5, 0.6) is 5.75 Å². The highest BCUT2D eigenvalue weighted by Gasteiger charge is 2.18. The van der Waals surface area contributed by atoms with Crippen molar-refractivity contribution in [2.75, 3.05) is 30.4 Å². The Morgan fingerprint density at radius 2 is 2.08 bits per heavy atom. The van der Waals surface area contributed by atoms with E-state index in [1.807, 2.05) is 24.3 Å². The molecule has 1 amide bonds. The second kappa shape index (κ2) is 7.77. The van der Waals surface area contributed by atoms with Gasteiger partial charge in [-0.3, -0.25) is 4.79 Å². The fourth-order valence-electron chi connectivity index (χ4n) is 2.96. The second-order valence-corrected chi connectivity index (χ2v) is 5.81. The number of methoxy groups -OCH3 is 1. The summed E-state index contributed by atoms with van der Waals surface area (Å²) in [5.74, 6) is 1.58. The van der Waals surface area contributed by atoms with Crippen molar-refractivity contribution in [3.8, 4) is 5.75 Å². The van der Waals surface area contributed by atoms with Crippen molar-refractivity contribution in [2.45, 2.75) is 25.7 Å². The van der Waals surface area contributed by atoms with Crippen LogP contribution in [0.15, 0.2) is 36.8 Å². The van der Waals surface area contributed by atoms with E-state index in [1.165, 1.54) is 6.33 Å². The summed E-state index contributed by atoms with van der Waals surface area (Å²) in [6.45, 7) is 1.95. The molecule has 0 radical (unpaired) electrons. The van der Waals surface area contributed by atoms with Crippen molar-refractivity contribution in [1.29, 1.82) is 0 Å². The standard InChI is InChI=1S/C18H22N4O2/c1-24-16-7-3-2-6-14(16)8-9-17(23)21-15-12-19-13-20-18(15)22-10-4-5-11-22/h2-3,6-7,12-13H,4-5,8-11H2,1H3,(H,21,23). The minimum Gasteiger partial charge on any atom is -0.496 e. The van der Waals surface area contributed by atoms with E-state index < -0.39 is 0 Å². The van der Waals surface area contributed by atoms with Crippen LogP contribution in [-0.2, 0) is 11.2 Å². The van der Waals surface area contributed by atoms with Crippen LogP contribution in [0, 0.1) is 0 Å². The van der Waals surface area contributed by atoms with Crippen LogP contribution in [0.1, 0.15) is 24.8 Å². The quantitative estimate of drug-likeness (QED) is 0.884. The average Bonchev–Trinajstić information content (AvgIpc) is 3.15. The van der Waals surface area contributed by atoms with E-state index >= 15 is 0 Å². The lowest BCUT2D eigenvalue weighted by Crippen LogP contribution is -2.22. The second-order valence-electron chi connectivity index (χ2n) is 5.81. The summed E-state index contributed by atoms with van der Waals surface area (Å²) in [5.41, 5.74) is 1.71. The molecule has 1 N–H and O–H groups in total. The zero-order valence-electron chi connectivity index (χ0n) is 13.9. The number of nitrogens with zero attached hydrogens (tertiary/aromatic N) is 3. The minimum absolute atomic E-state index is 0.0452. The van der Waals surface area contributed by atoms with Gasteiger partial charge in [-0.15, -0.1) is 0 Å². The maximum Gasteiger partial charge on any atom is 0.224 e. The van der Waals surface area contributed by atoms with Gasteiger partial charge in [0, 0.05) is 19.5 Å². The average molecular weight is 326 g/mol. The molecule has 0 spiro atoms. The molecule has 0 unspecified atom stereocenters. The van der Waals surface area contributed by atoms with Crippen molar-refractivity contribution >= 4 is 17.4 Å². The number of carbonyl (C=O) groups excluding carboxylic acids is 1. The van der Waals surface area contributed by atoms with Gasteiger partial charge in [0.1, 0.15) is 17.8 Å². The summed E-state index contributed by atoms with van der Waals surface area (Å²) in [6.07, 6.45) is 6.52. The summed E-state index contributed by atoms with van der Waals surface area (Å²) in [6, 6.07) is 7.76. The van der Waals surface area contributed by atoms with Crippen LogP contribution in [0.25, 0.3) is 0 Å². The SMILES string of the molecule is COc1ccccc1CCC(=O)Nc1cncnc1N1CCCC1. The molecular formula is C18H22N4O2. The predicted molar refractivity (Wildman–Crippen MR) is 93.4 cm³/mol. The smallest absolute Gasteiger partial charge is 0.224 e. The number of amides is 1. The number of para-hydroxylation sites is 1. The third-order valence-electron chi connectivity index (χ3n) is 4.18. The molecule has 126 valence electrons. The van der Waals surface area contributed by atoms with Crippen LogP contribution in [0.3, 0.4) is 0 Å². The summed E-state index contributed by atoms with van der Waals surface area (Å²) in [4.78, 5) is 22.9. The Morgan fingerprint density at radius 3 is 2.88 bits per heavy atom. The van der Waals surface area contributed by atoms with E-state index in [4.69, 9.17) is 4.74 Å². The van der Waals surface area contributed by atoms with Crippen LogP contribution in [0.4, 0.5) is 11.5 Å². The van der Waals surface area contributed by atoms with Gasteiger partial charge < -0.3 is 15.0 Å². The highest BCUT2D eigenvalue weighted by Crippen LogP contribution is 2.25. The number of carbonyl (C=O) groups is 1. The molecule has 1 aliphatic heterocycles. The third-order valence-corrected chi connectivity index (χ3v) is 4.18. The van der Waals surface area contributed by atoms with Gasteiger partial charge in [-0.25, -0.2) is 9.97 Å². The van der Waals surface area contributed by atoms with Crippen molar-refractivity contribution < 1.29 is 9.53 Å². The van der Waals surface area contributed by atoms with E-state index in [0.29, 0.717) is 18.5 Å². The number of anilines is 2. The number of aryl methyl sites for hydroxylation is 1. The first-order chi connectivity index (χ1) is 11.8. The highest BCUT2D eigenvalue weighted by molar-refractivity contribution is 5.93. The lowest BCUT2D eigenvalue weighted by atomic mass is 10.1. The number of hydrogen-bond donors (Lipinski definition) is 1. The number of aromatic nitrogens is 2. The van der Waals surface area contributed by atoms with Crippen molar-refractivity contribution in [1.82, 2.24) is 9.97 Å².